The number of carbonyl (C=O) groups is 1. The molecule has 2 aromatic carbocycles. The summed E-state index contributed by atoms with van der Waals surface area (Å²) in [5, 5.41) is 2.82. The van der Waals surface area contributed by atoms with Gasteiger partial charge in [0.2, 0.25) is 0 Å². The molecule has 0 saturated heterocycles. The molecule has 168 valence electrons. The first-order valence-corrected chi connectivity index (χ1v) is 12.1. The van der Waals surface area contributed by atoms with E-state index in [2.05, 4.69) is 10.0 Å². The number of nitrogens with one attached hydrogen (secondary N) is 2. The third-order valence-corrected chi connectivity index (χ3v) is 6.76. The van der Waals surface area contributed by atoms with Gasteiger partial charge < -0.3 is 10.1 Å². The summed E-state index contributed by atoms with van der Waals surface area (Å²) in [7, 11) is -4.04. The minimum atomic E-state index is -4.04. The highest BCUT2D eigenvalue weighted by Gasteiger charge is 2.19. The molecule has 0 bridgehead atoms. The Morgan fingerprint density at radius 2 is 1.87 bits per heavy atom. The smallest absolute Gasteiger partial charge is 0.262 e. The van der Waals surface area contributed by atoms with Gasteiger partial charge in [0, 0.05) is 18.7 Å². The molecule has 31 heavy (non-hydrogen) atoms. The van der Waals surface area contributed by atoms with Crippen molar-refractivity contribution < 1.29 is 22.3 Å². The van der Waals surface area contributed by atoms with Crippen LogP contribution in [0.15, 0.2) is 47.4 Å². The lowest BCUT2D eigenvalue weighted by molar-refractivity contribution is 0.0273. The lowest BCUT2D eigenvalue weighted by Crippen LogP contribution is -2.27. The SMILES string of the molecule is Cc1ccc(S(=O)(=O)Nc2ccccc2F)cc1C(=O)NCCCOC1CCCCC1. The first-order valence-electron chi connectivity index (χ1n) is 10.6. The van der Waals surface area contributed by atoms with Crippen molar-refractivity contribution in [2.24, 2.45) is 0 Å². The van der Waals surface area contributed by atoms with Gasteiger partial charge in [-0.1, -0.05) is 37.5 Å². The van der Waals surface area contributed by atoms with E-state index in [9.17, 15) is 17.6 Å². The molecule has 0 aliphatic heterocycles. The van der Waals surface area contributed by atoms with Crippen LogP contribution in [0.1, 0.15) is 54.4 Å². The summed E-state index contributed by atoms with van der Waals surface area (Å²) < 4.78 is 47.2. The van der Waals surface area contributed by atoms with Crippen LogP contribution >= 0.6 is 0 Å². The van der Waals surface area contributed by atoms with Gasteiger partial charge in [0.1, 0.15) is 5.82 Å². The van der Waals surface area contributed by atoms with Crippen LogP contribution < -0.4 is 10.0 Å². The predicted octanol–water partition coefficient (Wildman–Crippen LogP) is 4.40. The van der Waals surface area contributed by atoms with Crippen molar-refractivity contribution in [1.82, 2.24) is 5.32 Å². The van der Waals surface area contributed by atoms with Crippen molar-refractivity contribution in [3.63, 3.8) is 0 Å². The van der Waals surface area contributed by atoms with Gasteiger partial charge >= 0.3 is 0 Å². The number of para-hydroxylation sites is 1. The lowest BCUT2D eigenvalue weighted by atomic mass is 9.98. The molecule has 8 heteroatoms. The van der Waals surface area contributed by atoms with Gasteiger partial charge in [-0.25, -0.2) is 12.8 Å². The fourth-order valence-corrected chi connectivity index (χ4v) is 4.70. The Morgan fingerprint density at radius 1 is 1.13 bits per heavy atom. The van der Waals surface area contributed by atoms with E-state index >= 15 is 0 Å². The first-order chi connectivity index (χ1) is 14.9. The Labute approximate surface area is 183 Å². The molecule has 0 aromatic heterocycles. The summed E-state index contributed by atoms with van der Waals surface area (Å²) in [4.78, 5) is 12.5. The highest BCUT2D eigenvalue weighted by molar-refractivity contribution is 7.92. The van der Waals surface area contributed by atoms with Crippen LogP contribution in [-0.2, 0) is 14.8 Å². The molecule has 1 aliphatic rings. The predicted molar refractivity (Wildman–Crippen MR) is 118 cm³/mol. The normalized spacial score (nSPS) is 14.9. The molecule has 0 radical (unpaired) electrons. The monoisotopic (exact) mass is 448 g/mol. The Hall–Kier alpha value is -2.45. The van der Waals surface area contributed by atoms with Crippen LogP contribution in [0.5, 0.6) is 0 Å². The molecule has 1 saturated carbocycles. The van der Waals surface area contributed by atoms with Crippen LogP contribution in [0.2, 0.25) is 0 Å². The van der Waals surface area contributed by atoms with Gasteiger partial charge in [-0.15, -0.1) is 0 Å². The zero-order chi connectivity index (χ0) is 22.3. The maximum Gasteiger partial charge on any atom is 0.262 e. The molecule has 6 nitrogen and oxygen atoms in total. The molecule has 0 spiro atoms. The lowest BCUT2D eigenvalue weighted by Gasteiger charge is -2.21. The summed E-state index contributed by atoms with van der Waals surface area (Å²) in [5.41, 5.74) is 0.775. The summed E-state index contributed by atoms with van der Waals surface area (Å²) in [6.07, 6.45) is 6.93. The van der Waals surface area contributed by atoms with Gasteiger partial charge in [-0.3, -0.25) is 9.52 Å². The minimum absolute atomic E-state index is 0.105. The number of carbonyl (C=O) groups excluding carboxylic acids is 1. The molecule has 0 atom stereocenters. The number of aryl methyl sites for hydroxylation is 1. The number of halogens is 1. The van der Waals surface area contributed by atoms with Gasteiger partial charge in [-0.05, 0) is 56.0 Å². The van der Waals surface area contributed by atoms with E-state index in [-0.39, 0.29) is 22.1 Å². The van der Waals surface area contributed by atoms with Crippen LogP contribution in [0, 0.1) is 12.7 Å². The largest absolute Gasteiger partial charge is 0.378 e. The molecule has 2 N–H and O–H groups in total. The average molecular weight is 449 g/mol. The minimum Gasteiger partial charge on any atom is -0.378 e. The van der Waals surface area contributed by atoms with Crippen molar-refractivity contribution in [2.45, 2.75) is 56.4 Å². The maximum absolute atomic E-state index is 13.8. The van der Waals surface area contributed by atoms with Crippen molar-refractivity contribution in [3.05, 3.63) is 59.4 Å². The molecule has 1 aliphatic carbocycles. The summed E-state index contributed by atoms with van der Waals surface area (Å²) in [6, 6.07) is 9.79. The fraction of sp³-hybridized carbons (Fsp3) is 0.435. The number of benzene rings is 2. The summed E-state index contributed by atoms with van der Waals surface area (Å²) in [6.45, 7) is 2.77. The standard InChI is InChI=1S/C23H29FN2O4S/c1-17-12-13-19(31(28,29)26-22-11-6-5-10-21(22)24)16-20(17)23(27)25-14-7-15-30-18-8-3-2-4-9-18/h5-6,10-13,16,18,26H,2-4,7-9,14-15H2,1H3,(H,25,27). The second kappa shape index (κ2) is 10.7. The van der Waals surface area contributed by atoms with E-state index < -0.39 is 15.8 Å². The third-order valence-electron chi connectivity index (χ3n) is 5.39. The quantitative estimate of drug-likeness (QED) is 0.557. The van der Waals surface area contributed by atoms with Gasteiger partial charge in [0.25, 0.3) is 15.9 Å². The number of sulfonamides is 1. The molecular weight excluding hydrogens is 419 g/mol. The van der Waals surface area contributed by atoms with E-state index in [4.69, 9.17) is 4.74 Å². The third kappa shape index (κ3) is 6.51. The first kappa shape index (κ1) is 23.2. The maximum atomic E-state index is 13.8. The summed E-state index contributed by atoms with van der Waals surface area (Å²) in [5.74, 6) is -1.02. The topological polar surface area (TPSA) is 84.5 Å². The Balaban J connectivity index is 1.58. The molecule has 1 fully saturated rings. The van der Waals surface area contributed by atoms with Crippen molar-refractivity contribution >= 4 is 21.6 Å². The molecule has 2 aromatic rings. The van der Waals surface area contributed by atoms with Crippen molar-refractivity contribution in [1.29, 1.82) is 0 Å². The molecule has 3 rings (SSSR count). The highest BCUT2D eigenvalue weighted by atomic mass is 32.2. The van der Waals surface area contributed by atoms with Gasteiger partial charge in [0.15, 0.2) is 0 Å². The summed E-state index contributed by atoms with van der Waals surface area (Å²) >= 11 is 0. The number of anilines is 1. The molecule has 0 heterocycles. The number of rotatable bonds is 9. The van der Waals surface area contributed by atoms with Gasteiger partial charge in [0.05, 0.1) is 16.7 Å². The molecule has 1 amide bonds. The van der Waals surface area contributed by atoms with E-state index in [0.717, 1.165) is 12.8 Å². The zero-order valence-electron chi connectivity index (χ0n) is 17.7. The van der Waals surface area contributed by atoms with Crippen LogP contribution in [0.25, 0.3) is 0 Å². The van der Waals surface area contributed by atoms with Crippen molar-refractivity contribution in [2.75, 3.05) is 17.9 Å². The number of hydrogen-bond donors (Lipinski definition) is 2. The van der Waals surface area contributed by atoms with Crippen molar-refractivity contribution in [3.8, 4) is 0 Å². The number of hydrogen-bond acceptors (Lipinski definition) is 4. The van der Waals surface area contributed by atoms with Crippen LogP contribution in [-0.4, -0.2) is 33.6 Å². The Kier molecular flexibility index (Phi) is 8.03. The highest BCUT2D eigenvalue weighted by Crippen LogP contribution is 2.22. The fourth-order valence-electron chi connectivity index (χ4n) is 3.61. The van der Waals surface area contributed by atoms with Crippen LogP contribution in [0.3, 0.4) is 0 Å². The molecule has 0 unspecified atom stereocenters. The Bertz CT molecular complexity index is 1000. The Morgan fingerprint density at radius 3 is 2.61 bits per heavy atom. The van der Waals surface area contributed by atoms with E-state index in [0.29, 0.717) is 31.2 Å². The number of ether oxygens (including phenoxy) is 1. The molecular formula is C23H29FN2O4S. The second-order valence-electron chi connectivity index (χ2n) is 7.80. The van der Waals surface area contributed by atoms with E-state index in [1.165, 1.54) is 55.7 Å². The second-order valence-corrected chi connectivity index (χ2v) is 9.48. The number of amides is 1. The zero-order valence-corrected chi connectivity index (χ0v) is 18.5. The van der Waals surface area contributed by atoms with E-state index in [1.807, 2.05) is 0 Å². The average Bonchev–Trinajstić information content (AvgIpc) is 2.76. The van der Waals surface area contributed by atoms with Gasteiger partial charge in [-0.2, -0.15) is 0 Å². The van der Waals surface area contributed by atoms with E-state index in [1.54, 1.807) is 13.0 Å². The van der Waals surface area contributed by atoms with Crippen LogP contribution in [0.4, 0.5) is 10.1 Å².